The summed E-state index contributed by atoms with van der Waals surface area (Å²) < 4.78 is 26.5. The highest BCUT2D eigenvalue weighted by Gasteiger charge is 2.48. The second kappa shape index (κ2) is 7.53. The number of aliphatic hydroxyl groups is 1. The highest BCUT2D eigenvalue weighted by Crippen LogP contribution is 2.48. The zero-order chi connectivity index (χ0) is 18.8. The standard InChI is InChI=1S/C22H28O3S/c1-3-5-15-22(4-2)16-26(24,25)19-14-10-9-13-18(19)20(21(22)23)17-11-7-6-8-12-17/h6-14,20-21,23H,3-5,15-16H2,1-2H3/t20?,21-,22-/m1/s1. The van der Waals surface area contributed by atoms with Gasteiger partial charge in [-0.2, -0.15) is 0 Å². The fourth-order valence-corrected chi connectivity index (χ4v) is 6.62. The Bertz CT molecular complexity index is 845. The molecule has 0 saturated heterocycles. The van der Waals surface area contributed by atoms with Crippen LogP contribution in [0.25, 0.3) is 0 Å². The monoisotopic (exact) mass is 372 g/mol. The number of hydrogen-bond donors (Lipinski definition) is 1. The van der Waals surface area contributed by atoms with Crippen LogP contribution in [-0.2, 0) is 9.84 Å². The van der Waals surface area contributed by atoms with E-state index in [1.165, 1.54) is 0 Å². The molecule has 2 aromatic rings. The van der Waals surface area contributed by atoms with Crippen molar-refractivity contribution in [2.75, 3.05) is 5.75 Å². The average Bonchev–Trinajstić information content (AvgIpc) is 2.73. The molecule has 26 heavy (non-hydrogen) atoms. The third-order valence-corrected chi connectivity index (χ3v) is 7.90. The smallest absolute Gasteiger partial charge is 0.179 e. The maximum atomic E-state index is 13.2. The Morgan fingerprint density at radius 1 is 1.04 bits per heavy atom. The minimum Gasteiger partial charge on any atom is -0.392 e. The Hall–Kier alpha value is -1.65. The molecule has 1 aliphatic rings. The summed E-state index contributed by atoms with van der Waals surface area (Å²) in [6.45, 7) is 4.11. The van der Waals surface area contributed by atoms with Gasteiger partial charge in [-0.1, -0.05) is 75.2 Å². The van der Waals surface area contributed by atoms with E-state index in [0.717, 1.165) is 30.4 Å². The molecule has 3 rings (SSSR count). The predicted octanol–water partition coefficient (Wildman–Crippen LogP) is 4.55. The van der Waals surface area contributed by atoms with Crippen LogP contribution in [0, 0.1) is 5.41 Å². The zero-order valence-electron chi connectivity index (χ0n) is 15.6. The van der Waals surface area contributed by atoms with Crippen molar-refractivity contribution in [1.82, 2.24) is 0 Å². The largest absolute Gasteiger partial charge is 0.392 e. The second-order valence-corrected chi connectivity index (χ2v) is 9.41. The summed E-state index contributed by atoms with van der Waals surface area (Å²) in [6, 6.07) is 17.0. The molecule has 4 heteroatoms. The van der Waals surface area contributed by atoms with E-state index in [9.17, 15) is 13.5 Å². The first-order chi connectivity index (χ1) is 12.4. The van der Waals surface area contributed by atoms with E-state index < -0.39 is 21.4 Å². The maximum Gasteiger partial charge on any atom is 0.179 e. The average molecular weight is 373 g/mol. The van der Waals surface area contributed by atoms with Gasteiger partial charge in [0.1, 0.15) is 0 Å². The van der Waals surface area contributed by atoms with Gasteiger partial charge in [0.15, 0.2) is 9.84 Å². The fourth-order valence-electron chi connectivity index (χ4n) is 4.34. The van der Waals surface area contributed by atoms with Crippen molar-refractivity contribution >= 4 is 9.84 Å². The fraction of sp³-hybridized carbons (Fsp3) is 0.455. The first kappa shape index (κ1) is 19.1. The molecule has 1 N–H and O–H groups in total. The Balaban J connectivity index is 2.25. The highest BCUT2D eigenvalue weighted by atomic mass is 32.2. The summed E-state index contributed by atoms with van der Waals surface area (Å²) in [6.07, 6.45) is 2.53. The highest BCUT2D eigenvalue weighted by molar-refractivity contribution is 7.91. The van der Waals surface area contributed by atoms with Gasteiger partial charge in [-0.3, -0.25) is 0 Å². The van der Waals surface area contributed by atoms with Gasteiger partial charge in [-0.15, -0.1) is 0 Å². The van der Waals surface area contributed by atoms with Gasteiger partial charge in [0.25, 0.3) is 0 Å². The van der Waals surface area contributed by atoms with Gasteiger partial charge in [-0.25, -0.2) is 8.42 Å². The van der Waals surface area contributed by atoms with Crippen molar-refractivity contribution in [3.8, 4) is 0 Å². The van der Waals surface area contributed by atoms with E-state index in [1.54, 1.807) is 12.1 Å². The molecule has 0 radical (unpaired) electrons. The van der Waals surface area contributed by atoms with E-state index in [1.807, 2.05) is 49.4 Å². The van der Waals surface area contributed by atoms with Crippen LogP contribution in [0.5, 0.6) is 0 Å². The molecule has 0 fully saturated rings. The molecule has 1 aliphatic heterocycles. The molecule has 3 nitrogen and oxygen atoms in total. The number of benzene rings is 2. The Morgan fingerprint density at radius 3 is 2.35 bits per heavy atom. The number of aliphatic hydroxyl groups excluding tert-OH is 1. The lowest BCUT2D eigenvalue weighted by Gasteiger charge is -2.39. The van der Waals surface area contributed by atoms with Gasteiger partial charge in [0, 0.05) is 11.3 Å². The first-order valence-electron chi connectivity index (χ1n) is 9.50. The van der Waals surface area contributed by atoms with Gasteiger partial charge >= 0.3 is 0 Å². The lowest BCUT2D eigenvalue weighted by Crippen LogP contribution is -2.42. The van der Waals surface area contributed by atoms with Crippen molar-refractivity contribution in [2.45, 2.75) is 56.4 Å². The topological polar surface area (TPSA) is 54.4 Å². The SMILES string of the molecule is CCCC[C@]1(CC)CS(=O)(=O)c2ccccc2C(c2ccccc2)[C@H]1O. The minimum atomic E-state index is -3.46. The van der Waals surface area contributed by atoms with Gasteiger partial charge in [0.2, 0.25) is 0 Å². The van der Waals surface area contributed by atoms with Crippen molar-refractivity contribution in [2.24, 2.45) is 5.41 Å². The van der Waals surface area contributed by atoms with Crippen LogP contribution in [0.2, 0.25) is 0 Å². The van der Waals surface area contributed by atoms with Crippen LogP contribution in [0.3, 0.4) is 0 Å². The predicted molar refractivity (Wildman–Crippen MR) is 105 cm³/mol. The molecule has 2 aromatic carbocycles. The summed E-state index contributed by atoms with van der Waals surface area (Å²) in [5.41, 5.74) is 1.06. The van der Waals surface area contributed by atoms with E-state index in [4.69, 9.17) is 0 Å². The van der Waals surface area contributed by atoms with Gasteiger partial charge in [-0.05, 0) is 30.0 Å². The maximum absolute atomic E-state index is 13.2. The quantitative estimate of drug-likeness (QED) is 0.837. The molecule has 0 bridgehead atoms. The van der Waals surface area contributed by atoms with Crippen molar-refractivity contribution in [3.63, 3.8) is 0 Å². The van der Waals surface area contributed by atoms with E-state index >= 15 is 0 Å². The Labute approximate surface area is 157 Å². The summed E-state index contributed by atoms with van der Waals surface area (Å²) in [4.78, 5) is 0.375. The molecule has 1 heterocycles. The molecule has 0 spiro atoms. The van der Waals surface area contributed by atoms with Crippen LogP contribution in [0.1, 0.15) is 56.6 Å². The van der Waals surface area contributed by atoms with E-state index in [2.05, 4.69) is 6.92 Å². The molecule has 0 amide bonds. The van der Waals surface area contributed by atoms with Crippen LogP contribution in [-0.4, -0.2) is 25.4 Å². The lowest BCUT2D eigenvalue weighted by atomic mass is 9.69. The molecule has 0 aromatic heterocycles. The third-order valence-electron chi connectivity index (χ3n) is 5.90. The molecular weight excluding hydrogens is 344 g/mol. The molecule has 140 valence electrons. The minimum absolute atomic E-state index is 0.0119. The van der Waals surface area contributed by atoms with Crippen molar-refractivity contribution in [1.29, 1.82) is 0 Å². The molecular formula is C22H28O3S. The lowest BCUT2D eigenvalue weighted by molar-refractivity contribution is 0.0174. The van der Waals surface area contributed by atoms with E-state index in [0.29, 0.717) is 11.3 Å². The van der Waals surface area contributed by atoms with Crippen LogP contribution >= 0.6 is 0 Å². The van der Waals surface area contributed by atoms with Crippen LogP contribution < -0.4 is 0 Å². The number of hydrogen-bond acceptors (Lipinski definition) is 3. The van der Waals surface area contributed by atoms with Crippen molar-refractivity contribution in [3.05, 3.63) is 65.7 Å². The Kier molecular flexibility index (Phi) is 5.54. The van der Waals surface area contributed by atoms with Crippen LogP contribution in [0.15, 0.2) is 59.5 Å². The van der Waals surface area contributed by atoms with Crippen LogP contribution in [0.4, 0.5) is 0 Å². The second-order valence-electron chi connectivity index (χ2n) is 7.45. The van der Waals surface area contributed by atoms with Crippen molar-refractivity contribution < 1.29 is 13.5 Å². The summed E-state index contributed by atoms with van der Waals surface area (Å²) >= 11 is 0. The molecule has 0 saturated carbocycles. The first-order valence-corrected chi connectivity index (χ1v) is 11.1. The molecule has 0 aliphatic carbocycles. The van der Waals surface area contributed by atoms with E-state index in [-0.39, 0.29) is 11.7 Å². The third kappa shape index (κ3) is 3.33. The summed E-state index contributed by atoms with van der Waals surface area (Å²) in [5, 5.41) is 11.6. The number of sulfone groups is 1. The number of unbranched alkanes of at least 4 members (excludes halogenated alkanes) is 1. The van der Waals surface area contributed by atoms with Gasteiger partial charge < -0.3 is 5.11 Å². The normalized spacial score (nSPS) is 27.5. The number of rotatable bonds is 5. The zero-order valence-corrected chi connectivity index (χ0v) is 16.4. The summed E-state index contributed by atoms with van der Waals surface area (Å²) in [7, 11) is -3.46. The molecule has 3 atom stereocenters. The Morgan fingerprint density at radius 2 is 1.69 bits per heavy atom. The summed E-state index contributed by atoms with van der Waals surface area (Å²) in [5.74, 6) is -0.320. The van der Waals surface area contributed by atoms with Gasteiger partial charge in [0.05, 0.1) is 16.8 Å². The number of fused-ring (bicyclic) bond motifs is 1. The molecule has 1 unspecified atom stereocenters.